The standard InChI is InChI=1S/C13H11ClF2N2O2S/c1-7-5-8(6-11(17)12(7)14)21(19,20)18-13-9(15)3-2-4-10(13)16/h2-6,18H,17H2,1H3. The predicted molar refractivity (Wildman–Crippen MR) is 77.8 cm³/mol. The molecular weight excluding hydrogens is 322 g/mol. The molecule has 2 aromatic carbocycles. The average molecular weight is 333 g/mol. The van der Waals surface area contributed by atoms with Crippen molar-refractivity contribution in [2.45, 2.75) is 11.8 Å². The lowest BCUT2D eigenvalue weighted by Gasteiger charge is -2.12. The van der Waals surface area contributed by atoms with Gasteiger partial charge in [0.1, 0.15) is 17.3 Å². The molecule has 0 aliphatic rings. The lowest BCUT2D eigenvalue weighted by Crippen LogP contribution is -2.15. The van der Waals surface area contributed by atoms with Gasteiger partial charge >= 0.3 is 0 Å². The lowest BCUT2D eigenvalue weighted by molar-refractivity contribution is 0.583. The highest BCUT2D eigenvalue weighted by atomic mass is 35.5. The Bertz CT molecular complexity index is 767. The minimum absolute atomic E-state index is 0.0612. The molecule has 0 fully saturated rings. The van der Waals surface area contributed by atoms with E-state index in [0.29, 0.717) is 5.56 Å². The molecule has 0 atom stereocenters. The summed E-state index contributed by atoms with van der Waals surface area (Å²) >= 11 is 5.85. The second-order valence-corrected chi connectivity index (χ2v) is 6.41. The maximum Gasteiger partial charge on any atom is 0.262 e. The summed E-state index contributed by atoms with van der Waals surface area (Å²) in [6.07, 6.45) is 0. The van der Waals surface area contributed by atoms with Crippen molar-refractivity contribution in [3.05, 3.63) is 52.6 Å². The van der Waals surface area contributed by atoms with E-state index in [2.05, 4.69) is 0 Å². The molecule has 2 rings (SSSR count). The van der Waals surface area contributed by atoms with E-state index in [1.54, 1.807) is 6.92 Å². The van der Waals surface area contributed by atoms with Gasteiger partial charge in [-0.3, -0.25) is 4.72 Å². The Labute approximate surface area is 125 Å². The molecule has 0 spiro atoms. The zero-order chi connectivity index (χ0) is 15.8. The van der Waals surface area contributed by atoms with Crippen molar-refractivity contribution in [1.82, 2.24) is 0 Å². The van der Waals surface area contributed by atoms with Crippen molar-refractivity contribution >= 4 is 33.0 Å². The first kappa shape index (κ1) is 15.5. The number of benzene rings is 2. The van der Waals surface area contributed by atoms with Crippen LogP contribution in [0, 0.1) is 18.6 Å². The van der Waals surface area contributed by atoms with E-state index in [4.69, 9.17) is 17.3 Å². The largest absolute Gasteiger partial charge is 0.397 e. The number of hydrogen-bond acceptors (Lipinski definition) is 3. The number of halogens is 3. The summed E-state index contributed by atoms with van der Waals surface area (Å²) in [5.41, 5.74) is 5.35. The van der Waals surface area contributed by atoms with Gasteiger partial charge in [-0.2, -0.15) is 0 Å². The highest BCUT2D eigenvalue weighted by Crippen LogP contribution is 2.28. The van der Waals surface area contributed by atoms with Crippen molar-refractivity contribution in [3.63, 3.8) is 0 Å². The normalized spacial score (nSPS) is 11.4. The van der Waals surface area contributed by atoms with Gasteiger partial charge in [-0.15, -0.1) is 0 Å². The first-order chi connectivity index (χ1) is 9.72. The Hall–Kier alpha value is -1.86. The first-order valence-corrected chi connectivity index (χ1v) is 7.61. The number of aryl methyl sites for hydroxylation is 1. The fourth-order valence-electron chi connectivity index (χ4n) is 1.71. The molecule has 0 unspecified atom stereocenters. The summed E-state index contributed by atoms with van der Waals surface area (Å²) in [6, 6.07) is 5.41. The molecule has 112 valence electrons. The van der Waals surface area contributed by atoms with Gasteiger partial charge in [0.05, 0.1) is 15.6 Å². The number of rotatable bonds is 3. The van der Waals surface area contributed by atoms with Crippen LogP contribution in [0.1, 0.15) is 5.56 Å². The minimum atomic E-state index is -4.19. The fraction of sp³-hybridized carbons (Fsp3) is 0.0769. The second kappa shape index (κ2) is 5.50. The van der Waals surface area contributed by atoms with Crippen LogP contribution in [0.5, 0.6) is 0 Å². The van der Waals surface area contributed by atoms with Crippen molar-refractivity contribution in [2.75, 3.05) is 10.5 Å². The van der Waals surface area contributed by atoms with Crippen LogP contribution in [-0.2, 0) is 10.0 Å². The van der Waals surface area contributed by atoms with E-state index in [-0.39, 0.29) is 15.6 Å². The average Bonchev–Trinajstić information content (AvgIpc) is 2.40. The van der Waals surface area contributed by atoms with Gasteiger partial charge in [-0.05, 0) is 36.8 Å². The summed E-state index contributed by atoms with van der Waals surface area (Å²) in [5.74, 6) is -2.03. The van der Waals surface area contributed by atoms with E-state index in [1.165, 1.54) is 6.07 Å². The molecule has 0 aliphatic carbocycles. The van der Waals surface area contributed by atoms with E-state index < -0.39 is 27.3 Å². The fourth-order valence-corrected chi connectivity index (χ4v) is 3.01. The molecule has 0 bridgehead atoms. The Morgan fingerprint density at radius 3 is 2.29 bits per heavy atom. The van der Waals surface area contributed by atoms with Crippen LogP contribution in [0.2, 0.25) is 5.02 Å². The van der Waals surface area contributed by atoms with Crippen LogP contribution < -0.4 is 10.5 Å². The molecule has 0 heterocycles. The Morgan fingerprint density at radius 2 is 1.76 bits per heavy atom. The van der Waals surface area contributed by atoms with Gasteiger partial charge in [0, 0.05) is 0 Å². The van der Waals surface area contributed by atoms with Crippen molar-refractivity contribution in [1.29, 1.82) is 0 Å². The molecule has 2 aromatic rings. The number of nitrogens with two attached hydrogens (primary N) is 1. The van der Waals surface area contributed by atoms with Gasteiger partial charge in [0.15, 0.2) is 0 Å². The Morgan fingerprint density at radius 1 is 1.19 bits per heavy atom. The zero-order valence-corrected chi connectivity index (χ0v) is 12.4. The molecule has 0 aromatic heterocycles. The monoisotopic (exact) mass is 332 g/mol. The number of hydrogen-bond donors (Lipinski definition) is 2. The van der Waals surface area contributed by atoms with Crippen LogP contribution in [0.25, 0.3) is 0 Å². The van der Waals surface area contributed by atoms with E-state index in [9.17, 15) is 17.2 Å². The molecule has 0 aliphatic heterocycles. The Balaban J connectivity index is 2.49. The van der Waals surface area contributed by atoms with Gasteiger partial charge in [0.25, 0.3) is 10.0 Å². The second-order valence-electron chi connectivity index (χ2n) is 4.35. The van der Waals surface area contributed by atoms with Gasteiger partial charge in [0.2, 0.25) is 0 Å². The van der Waals surface area contributed by atoms with Gasteiger partial charge < -0.3 is 5.73 Å². The molecule has 3 N–H and O–H groups in total. The van der Waals surface area contributed by atoms with Crippen LogP contribution >= 0.6 is 11.6 Å². The third-order valence-corrected chi connectivity index (χ3v) is 4.61. The third-order valence-electron chi connectivity index (χ3n) is 2.77. The van der Waals surface area contributed by atoms with E-state index >= 15 is 0 Å². The van der Waals surface area contributed by atoms with Gasteiger partial charge in [-0.1, -0.05) is 17.7 Å². The number of nitrogen functional groups attached to an aromatic ring is 1. The zero-order valence-electron chi connectivity index (χ0n) is 10.8. The maximum atomic E-state index is 13.5. The first-order valence-electron chi connectivity index (χ1n) is 5.75. The van der Waals surface area contributed by atoms with Crippen molar-refractivity contribution in [3.8, 4) is 0 Å². The number of para-hydroxylation sites is 1. The molecule has 4 nitrogen and oxygen atoms in total. The summed E-state index contributed by atoms with van der Waals surface area (Å²) in [7, 11) is -4.19. The van der Waals surface area contributed by atoms with E-state index in [1.807, 2.05) is 4.72 Å². The van der Waals surface area contributed by atoms with E-state index in [0.717, 1.165) is 24.3 Å². The van der Waals surface area contributed by atoms with Crippen molar-refractivity contribution in [2.24, 2.45) is 0 Å². The maximum absolute atomic E-state index is 13.5. The minimum Gasteiger partial charge on any atom is -0.397 e. The molecule has 0 saturated carbocycles. The molecule has 0 amide bonds. The van der Waals surface area contributed by atoms with Gasteiger partial charge in [-0.25, -0.2) is 17.2 Å². The quantitative estimate of drug-likeness (QED) is 0.847. The Kier molecular flexibility index (Phi) is 4.06. The number of sulfonamides is 1. The SMILES string of the molecule is Cc1cc(S(=O)(=O)Nc2c(F)cccc2F)cc(N)c1Cl. The van der Waals surface area contributed by atoms with Crippen molar-refractivity contribution < 1.29 is 17.2 Å². The predicted octanol–water partition coefficient (Wildman–Crippen LogP) is 3.31. The highest BCUT2D eigenvalue weighted by molar-refractivity contribution is 7.92. The molecule has 0 saturated heterocycles. The highest BCUT2D eigenvalue weighted by Gasteiger charge is 2.20. The lowest BCUT2D eigenvalue weighted by atomic mass is 10.2. The number of nitrogens with one attached hydrogen (secondary N) is 1. The topological polar surface area (TPSA) is 72.2 Å². The smallest absolute Gasteiger partial charge is 0.262 e. The summed E-state index contributed by atoms with van der Waals surface area (Å²) < 4.78 is 53.2. The third kappa shape index (κ3) is 3.08. The van der Waals surface area contributed by atoms with Crippen LogP contribution in [0.15, 0.2) is 35.2 Å². The molecule has 0 radical (unpaired) electrons. The summed E-state index contributed by atoms with van der Waals surface area (Å²) in [6.45, 7) is 1.57. The summed E-state index contributed by atoms with van der Waals surface area (Å²) in [5, 5.41) is 0.228. The van der Waals surface area contributed by atoms with Crippen LogP contribution in [0.3, 0.4) is 0 Å². The molecule has 8 heteroatoms. The van der Waals surface area contributed by atoms with Crippen LogP contribution in [0.4, 0.5) is 20.2 Å². The molecular formula is C13H11ClF2N2O2S. The molecule has 21 heavy (non-hydrogen) atoms. The summed E-state index contributed by atoms with van der Waals surface area (Å²) in [4.78, 5) is -0.232. The number of anilines is 2. The van der Waals surface area contributed by atoms with Crippen LogP contribution in [-0.4, -0.2) is 8.42 Å².